The van der Waals surface area contributed by atoms with Crippen molar-refractivity contribution in [3.63, 3.8) is 0 Å². The van der Waals surface area contributed by atoms with Crippen LogP contribution in [0.5, 0.6) is 5.75 Å². The van der Waals surface area contributed by atoms with E-state index in [1.807, 2.05) is 36.4 Å². The SMILES string of the molecule is O=C(COc1ccc2ccccc2c1)NCCCN1CCCC1. The van der Waals surface area contributed by atoms with Crippen LogP contribution in [0.15, 0.2) is 42.5 Å². The highest BCUT2D eigenvalue weighted by molar-refractivity contribution is 5.84. The first kappa shape index (κ1) is 15.8. The number of nitrogens with zero attached hydrogens (tertiary/aromatic N) is 1. The molecule has 0 spiro atoms. The van der Waals surface area contributed by atoms with Crippen LogP contribution in [0.4, 0.5) is 0 Å². The van der Waals surface area contributed by atoms with Gasteiger partial charge >= 0.3 is 0 Å². The average Bonchev–Trinajstić information content (AvgIpc) is 3.10. The molecule has 23 heavy (non-hydrogen) atoms. The van der Waals surface area contributed by atoms with Crippen molar-refractivity contribution in [1.82, 2.24) is 10.2 Å². The van der Waals surface area contributed by atoms with E-state index >= 15 is 0 Å². The predicted octanol–water partition coefficient (Wildman–Crippen LogP) is 2.82. The number of nitrogens with one attached hydrogen (secondary N) is 1. The van der Waals surface area contributed by atoms with Crippen LogP contribution >= 0.6 is 0 Å². The normalized spacial score (nSPS) is 15.0. The Morgan fingerprint density at radius 3 is 2.70 bits per heavy atom. The maximum absolute atomic E-state index is 11.8. The monoisotopic (exact) mass is 312 g/mol. The van der Waals surface area contributed by atoms with Crippen LogP contribution in [-0.2, 0) is 4.79 Å². The van der Waals surface area contributed by atoms with Crippen LogP contribution < -0.4 is 10.1 Å². The number of hydrogen-bond acceptors (Lipinski definition) is 3. The first-order valence-corrected chi connectivity index (χ1v) is 8.42. The molecule has 0 radical (unpaired) electrons. The van der Waals surface area contributed by atoms with Gasteiger partial charge in [0.2, 0.25) is 0 Å². The third kappa shape index (κ3) is 4.70. The van der Waals surface area contributed by atoms with Crippen molar-refractivity contribution in [2.75, 3.05) is 32.8 Å². The van der Waals surface area contributed by atoms with Crippen LogP contribution in [0.2, 0.25) is 0 Å². The lowest BCUT2D eigenvalue weighted by Gasteiger charge is -2.14. The summed E-state index contributed by atoms with van der Waals surface area (Å²) < 4.78 is 5.58. The number of carbonyl (C=O) groups excluding carboxylic acids is 1. The Bertz CT molecular complexity index is 651. The largest absolute Gasteiger partial charge is 0.484 e. The molecule has 1 heterocycles. The molecule has 0 saturated carbocycles. The summed E-state index contributed by atoms with van der Waals surface area (Å²) in [5, 5.41) is 5.22. The number of benzene rings is 2. The summed E-state index contributed by atoms with van der Waals surface area (Å²) in [5.74, 6) is 0.676. The van der Waals surface area contributed by atoms with Gasteiger partial charge in [-0.3, -0.25) is 4.79 Å². The van der Waals surface area contributed by atoms with Crippen molar-refractivity contribution in [2.24, 2.45) is 0 Å². The van der Waals surface area contributed by atoms with Gasteiger partial charge in [0, 0.05) is 6.54 Å². The van der Waals surface area contributed by atoms with E-state index in [4.69, 9.17) is 4.74 Å². The van der Waals surface area contributed by atoms with Crippen molar-refractivity contribution in [2.45, 2.75) is 19.3 Å². The van der Waals surface area contributed by atoms with Gasteiger partial charge in [0.05, 0.1) is 0 Å². The standard InChI is InChI=1S/C19H24N2O2/c22-19(20-10-5-13-21-11-3-4-12-21)15-23-18-9-8-16-6-1-2-7-17(16)14-18/h1-2,6-9,14H,3-5,10-13,15H2,(H,20,22). The first-order valence-electron chi connectivity index (χ1n) is 8.42. The lowest BCUT2D eigenvalue weighted by atomic mass is 10.1. The second-order valence-corrected chi connectivity index (χ2v) is 6.05. The summed E-state index contributed by atoms with van der Waals surface area (Å²) in [6.45, 7) is 4.28. The summed E-state index contributed by atoms with van der Waals surface area (Å²) in [6.07, 6.45) is 3.62. The number of ether oxygens (including phenoxy) is 1. The van der Waals surface area contributed by atoms with Gasteiger partial charge < -0.3 is 15.0 Å². The lowest BCUT2D eigenvalue weighted by molar-refractivity contribution is -0.123. The van der Waals surface area contributed by atoms with Gasteiger partial charge in [0.25, 0.3) is 5.91 Å². The number of amides is 1. The topological polar surface area (TPSA) is 41.6 Å². The molecule has 4 heteroatoms. The molecular weight excluding hydrogens is 288 g/mol. The van der Waals surface area contributed by atoms with E-state index in [1.54, 1.807) is 0 Å². The maximum atomic E-state index is 11.8. The predicted molar refractivity (Wildman–Crippen MR) is 92.7 cm³/mol. The third-order valence-electron chi connectivity index (χ3n) is 4.26. The Morgan fingerprint density at radius 1 is 1.09 bits per heavy atom. The van der Waals surface area contributed by atoms with Crippen molar-refractivity contribution in [3.8, 4) is 5.75 Å². The Morgan fingerprint density at radius 2 is 1.87 bits per heavy atom. The van der Waals surface area contributed by atoms with Crippen molar-refractivity contribution >= 4 is 16.7 Å². The van der Waals surface area contributed by atoms with Gasteiger partial charge in [0.15, 0.2) is 6.61 Å². The molecule has 1 N–H and O–H groups in total. The van der Waals surface area contributed by atoms with Crippen LogP contribution in [-0.4, -0.2) is 43.6 Å². The summed E-state index contributed by atoms with van der Waals surface area (Å²) >= 11 is 0. The molecule has 4 nitrogen and oxygen atoms in total. The summed E-state index contributed by atoms with van der Waals surface area (Å²) in [5.41, 5.74) is 0. The quantitative estimate of drug-likeness (QED) is 0.799. The first-order chi connectivity index (χ1) is 11.3. The zero-order valence-corrected chi connectivity index (χ0v) is 13.5. The maximum Gasteiger partial charge on any atom is 0.257 e. The fourth-order valence-corrected chi connectivity index (χ4v) is 2.99. The number of carbonyl (C=O) groups is 1. The zero-order valence-electron chi connectivity index (χ0n) is 13.5. The van der Waals surface area contributed by atoms with Gasteiger partial charge in [-0.25, -0.2) is 0 Å². The summed E-state index contributed by atoms with van der Waals surface area (Å²) in [7, 11) is 0. The van der Waals surface area contributed by atoms with Crippen LogP contribution in [0, 0.1) is 0 Å². The highest BCUT2D eigenvalue weighted by atomic mass is 16.5. The van der Waals surface area contributed by atoms with E-state index in [2.05, 4.69) is 16.3 Å². The van der Waals surface area contributed by atoms with Gasteiger partial charge in [-0.15, -0.1) is 0 Å². The number of fused-ring (bicyclic) bond motifs is 1. The Hall–Kier alpha value is -2.07. The smallest absolute Gasteiger partial charge is 0.257 e. The molecule has 122 valence electrons. The fourth-order valence-electron chi connectivity index (χ4n) is 2.99. The highest BCUT2D eigenvalue weighted by Gasteiger charge is 2.10. The van der Waals surface area contributed by atoms with Crippen molar-refractivity contribution < 1.29 is 9.53 Å². The minimum atomic E-state index is -0.0559. The van der Waals surface area contributed by atoms with E-state index in [9.17, 15) is 4.79 Å². The molecule has 1 fully saturated rings. The fraction of sp³-hybridized carbons (Fsp3) is 0.421. The molecule has 0 unspecified atom stereocenters. The van der Waals surface area contributed by atoms with Crippen molar-refractivity contribution in [1.29, 1.82) is 0 Å². The van der Waals surface area contributed by atoms with Gasteiger partial charge in [-0.2, -0.15) is 0 Å². The minimum absolute atomic E-state index is 0.0559. The third-order valence-corrected chi connectivity index (χ3v) is 4.26. The lowest BCUT2D eigenvalue weighted by Crippen LogP contribution is -2.32. The average molecular weight is 312 g/mol. The molecule has 0 aromatic heterocycles. The van der Waals surface area contributed by atoms with E-state index in [1.165, 1.54) is 31.3 Å². The molecule has 2 aromatic rings. The molecule has 0 aliphatic carbocycles. The Kier molecular flexibility index (Phi) is 5.48. The number of hydrogen-bond donors (Lipinski definition) is 1. The second-order valence-electron chi connectivity index (χ2n) is 6.05. The summed E-state index contributed by atoms with van der Waals surface area (Å²) in [6, 6.07) is 14.0. The highest BCUT2D eigenvalue weighted by Crippen LogP contribution is 2.20. The van der Waals surface area contributed by atoms with Crippen molar-refractivity contribution in [3.05, 3.63) is 42.5 Å². The molecule has 1 aliphatic rings. The van der Waals surface area contributed by atoms with E-state index in [0.717, 1.165) is 30.6 Å². The van der Waals surface area contributed by atoms with Gasteiger partial charge in [-0.1, -0.05) is 30.3 Å². The molecule has 1 amide bonds. The molecule has 1 aliphatic heterocycles. The zero-order chi connectivity index (χ0) is 15.9. The van der Waals surface area contributed by atoms with Gasteiger partial charge in [0.1, 0.15) is 5.75 Å². The Balaban J connectivity index is 1.37. The Labute approximate surface area is 137 Å². The molecule has 0 atom stereocenters. The van der Waals surface area contributed by atoms with E-state index in [-0.39, 0.29) is 12.5 Å². The minimum Gasteiger partial charge on any atom is -0.484 e. The van der Waals surface area contributed by atoms with E-state index in [0.29, 0.717) is 0 Å². The number of likely N-dealkylation sites (tertiary alicyclic amines) is 1. The number of rotatable bonds is 7. The van der Waals surface area contributed by atoms with E-state index < -0.39 is 0 Å². The molecule has 3 rings (SSSR count). The summed E-state index contributed by atoms with van der Waals surface area (Å²) in [4.78, 5) is 14.3. The van der Waals surface area contributed by atoms with Gasteiger partial charge in [-0.05, 0) is 61.8 Å². The molecular formula is C19H24N2O2. The van der Waals surface area contributed by atoms with Crippen LogP contribution in [0.1, 0.15) is 19.3 Å². The molecule has 2 aromatic carbocycles. The molecule has 0 bridgehead atoms. The van der Waals surface area contributed by atoms with Crippen LogP contribution in [0.3, 0.4) is 0 Å². The van der Waals surface area contributed by atoms with Crippen LogP contribution in [0.25, 0.3) is 10.8 Å². The second kappa shape index (κ2) is 7.97. The molecule has 1 saturated heterocycles.